The lowest BCUT2D eigenvalue weighted by atomic mass is 9.84. The van der Waals surface area contributed by atoms with Gasteiger partial charge in [-0.3, -0.25) is 0 Å². The van der Waals surface area contributed by atoms with Gasteiger partial charge in [-0.15, -0.1) is 0 Å². The van der Waals surface area contributed by atoms with E-state index in [1.54, 1.807) is 0 Å². The Morgan fingerprint density at radius 3 is 2.16 bits per heavy atom. The molecule has 2 aliphatic heterocycles. The molecule has 0 aromatic rings. The van der Waals surface area contributed by atoms with Crippen LogP contribution in [-0.4, -0.2) is 37.5 Å². The Morgan fingerprint density at radius 2 is 1.58 bits per heavy atom. The van der Waals surface area contributed by atoms with Gasteiger partial charge < -0.3 is 14.8 Å². The average molecular weight is 267 g/mol. The molecule has 0 aromatic heterocycles. The molecule has 1 N–H and O–H groups in total. The summed E-state index contributed by atoms with van der Waals surface area (Å²) in [6.45, 7) is 12.2. The second-order valence-corrected chi connectivity index (χ2v) is 7.88. The molecule has 0 amide bonds. The maximum atomic E-state index is 6.12. The van der Waals surface area contributed by atoms with E-state index in [1.807, 2.05) is 0 Å². The van der Waals surface area contributed by atoms with Crippen LogP contribution in [0.1, 0.15) is 53.4 Å². The Bertz CT molecular complexity index is 325. The SMILES string of the molecule is CC1(C)C(NC2CCOC3(CCOCC3)C2)C1(C)C. The first-order valence-electron chi connectivity index (χ1n) is 7.85. The highest BCUT2D eigenvalue weighted by molar-refractivity contribution is 5.18. The summed E-state index contributed by atoms with van der Waals surface area (Å²) in [6, 6.07) is 1.28. The molecule has 110 valence electrons. The summed E-state index contributed by atoms with van der Waals surface area (Å²) in [7, 11) is 0. The fourth-order valence-corrected chi connectivity index (χ4v) is 4.11. The molecule has 3 nitrogen and oxygen atoms in total. The van der Waals surface area contributed by atoms with Crippen molar-refractivity contribution in [1.82, 2.24) is 5.32 Å². The molecule has 0 radical (unpaired) electrons. The highest BCUT2D eigenvalue weighted by Gasteiger charge is 2.65. The van der Waals surface area contributed by atoms with Crippen molar-refractivity contribution in [2.75, 3.05) is 19.8 Å². The van der Waals surface area contributed by atoms with Gasteiger partial charge in [0.15, 0.2) is 0 Å². The molecular formula is C16H29NO2. The van der Waals surface area contributed by atoms with Crippen molar-refractivity contribution in [3.8, 4) is 0 Å². The van der Waals surface area contributed by atoms with Crippen LogP contribution >= 0.6 is 0 Å². The largest absolute Gasteiger partial charge is 0.381 e. The van der Waals surface area contributed by atoms with Crippen LogP contribution in [0.2, 0.25) is 0 Å². The zero-order valence-electron chi connectivity index (χ0n) is 12.9. The zero-order chi connectivity index (χ0) is 13.7. The van der Waals surface area contributed by atoms with Gasteiger partial charge in [-0.25, -0.2) is 0 Å². The van der Waals surface area contributed by atoms with Crippen molar-refractivity contribution in [1.29, 1.82) is 0 Å². The summed E-state index contributed by atoms with van der Waals surface area (Å²) in [4.78, 5) is 0. The van der Waals surface area contributed by atoms with Crippen LogP contribution < -0.4 is 5.32 Å². The molecule has 3 fully saturated rings. The van der Waals surface area contributed by atoms with E-state index >= 15 is 0 Å². The average Bonchev–Trinajstić information content (AvgIpc) is 2.73. The predicted molar refractivity (Wildman–Crippen MR) is 76.2 cm³/mol. The van der Waals surface area contributed by atoms with Crippen LogP contribution in [0.4, 0.5) is 0 Å². The Kier molecular flexibility index (Phi) is 3.23. The van der Waals surface area contributed by atoms with E-state index in [2.05, 4.69) is 33.0 Å². The van der Waals surface area contributed by atoms with Crippen molar-refractivity contribution in [2.24, 2.45) is 10.8 Å². The summed E-state index contributed by atoms with van der Waals surface area (Å²) in [5, 5.41) is 3.92. The van der Waals surface area contributed by atoms with E-state index in [9.17, 15) is 0 Å². The normalized spacial score (nSPS) is 36.3. The van der Waals surface area contributed by atoms with E-state index in [4.69, 9.17) is 9.47 Å². The quantitative estimate of drug-likeness (QED) is 0.834. The van der Waals surface area contributed by atoms with Gasteiger partial charge in [0.2, 0.25) is 0 Å². The van der Waals surface area contributed by atoms with E-state index in [0.29, 0.717) is 22.9 Å². The number of rotatable bonds is 2. The van der Waals surface area contributed by atoms with Gasteiger partial charge in [0.1, 0.15) is 0 Å². The molecule has 2 heterocycles. The fourth-order valence-electron chi connectivity index (χ4n) is 4.11. The van der Waals surface area contributed by atoms with Gasteiger partial charge >= 0.3 is 0 Å². The predicted octanol–water partition coefficient (Wildman–Crippen LogP) is 2.74. The first kappa shape index (κ1) is 13.8. The molecule has 0 aromatic carbocycles. The lowest BCUT2D eigenvalue weighted by Crippen LogP contribution is -2.50. The number of hydrogen-bond acceptors (Lipinski definition) is 3. The first-order chi connectivity index (χ1) is 8.87. The van der Waals surface area contributed by atoms with Gasteiger partial charge in [0.05, 0.1) is 5.60 Å². The zero-order valence-corrected chi connectivity index (χ0v) is 12.9. The van der Waals surface area contributed by atoms with Crippen LogP contribution in [0.3, 0.4) is 0 Å². The smallest absolute Gasteiger partial charge is 0.0741 e. The van der Waals surface area contributed by atoms with Crippen molar-refractivity contribution in [2.45, 2.75) is 71.1 Å². The third-order valence-electron chi connectivity index (χ3n) is 6.32. The molecule has 19 heavy (non-hydrogen) atoms. The minimum atomic E-state index is 0.108. The topological polar surface area (TPSA) is 30.5 Å². The minimum absolute atomic E-state index is 0.108. The first-order valence-corrected chi connectivity index (χ1v) is 7.85. The van der Waals surface area contributed by atoms with Crippen LogP contribution in [0.15, 0.2) is 0 Å². The molecule has 1 aliphatic carbocycles. The Labute approximate surface area is 117 Å². The summed E-state index contributed by atoms with van der Waals surface area (Å²) in [5.41, 5.74) is 0.958. The van der Waals surface area contributed by atoms with Gasteiger partial charge in [-0.2, -0.15) is 0 Å². The van der Waals surface area contributed by atoms with E-state index in [1.165, 1.54) is 6.42 Å². The fraction of sp³-hybridized carbons (Fsp3) is 1.00. The molecule has 0 bridgehead atoms. The van der Waals surface area contributed by atoms with Crippen LogP contribution in [-0.2, 0) is 9.47 Å². The van der Waals surface area contributed by atoms with Crippen LogP contribution in [0, 0.1) is 10.8 Å². The molecule has 2 saturated heterocycles. The number of hydrogen-bond donors (Lipinski definition) is 1. The van der Waals surface area contributed by atoms with Crippen molar-refractivity contribution in [3.63, 3.8) is 0 Å². The highest BCUT2D eigenvalue weighted by atomic mass is 16.5. The molecule has 3 rings (SSSR count). The third kappa shape index (κ3) is 2.24. The third-order valence-corrected chi connectivity index (χ3v) is 6.32. The molecule has 1 atom stereocenters. The number of nitrogens with one attached hydrogen (secondary N) is 1. The van der Waals surface area contributed by atoms with Gasteiger partial charge in [0.25, 0.3) is 0 Å². The van der Waals surface area contributed by atoms with Gasteiger partial charge in [-0.05, 0) is 36.5 Å². The van der Waals surface area contributed by atoms with E-state index < -0.39 is 0 Å². The monoisotopic (exact) mass is 267 g/mol. The Balaban J connectivity index is 1.61. The molecule has 1 unspecified atom stereocenters. The second-order valence-electron chi connectivity index (χ2n) is 7.88. The highest BCUT2D eigenvalue weighted by Crippen LogP contribution is 2.63. The summed E-state index contributed by atoms with van der Waals surface area (Å²) in [6.07, 6.45) is 4.47. The van der Waals surface area contributed by atoms with Crippen molar-refractivity contribution < 1.29 is 9.47 Å². The summed E-state index contributed by atoms with van der Waals surface area (Å²) < 4.78 is 11.6. The molecule has 3 aliphatic rings. The molecular weight excluding hydrogens is 238 g/mol. The second kappa shape index (κ2) is 4.44. The van der Waals surface area contributed by atoms with Crippen LogP contribution in [0.5, 0.6) is 0 Å². The van der Waals surface area contributed by atoms with Gasteiger partial charge in [-0.1, -0.05) is 27.7 Å². The number of ether oxygens (including phenoxy) is 2. The minimum Gasteiger partial charge on any atom is -0.381 e. The van der Waals surface area contributed by atoms with E-state index in [-0.39, 0.29) is 5.60 Å². The Hall–Kier alpha value is -0.120. The summed E-state index contributed by atoms with van der Waals surface area (Å²) >= 11 is 0. The lowest BCUT2D eigenvalue weighted by Gasteiger charge is -2.43. The van der Waals surface area contributed by atoms with Crippen molar-refractivity contribution >= 4 is 0 Å². The Morgan fingerprint density at radius 1 is 0.947 bits per heavy atom. The van der Waals surface area contributed by atoms with Crippen molar-refractivity contribution in [3.05, 3.63) is 0 Å². The summed E-state index contributed by atoms with van der Waals surface area (Å²) in [5.74, 6) is 0. The molecule has 3 heteroatoms. The standard InChI is InChI=1S/C16H29NO2/c1-14(2)13(15(14,3)4)17-12-5-8-19-16(11-12)6-9-18-10-7-16/h12-13,17H,5-11H2,1-4H3. The van der Waals surface area contributed by atoms with Crippen LogP contribution in [0.25, 0.3) is 0 Å². The molecule has 1 spiro atoms. The maximum Gasteiger partial charge on any atom is 0.0741 e. The lowest BCUT2D eigenvalue weighted by molar-refractivity contribution is -0.140. The maximum absolute atomic E-state index is 6.12. The molecule has 1 saturated carbocycles. The van der Waals surface area contributed by atoms with Gasteiger partial charge in [0, 0.05) is 31.9 Å². The van der Waals surface area contributed by atoms with E-state index in [0.717, 1.165) is 39.1 Å².